The summed E-state index contributed by atoms with van der Waals surface area (Å²) in [7, 11) is 0. The van der Waals surface area contributed by atoms with Gasteiger partial charge in [-0.25, -0.2) is 14.8 Å². The molecule has 1 aliphatic carbocycles. The van der Waals surface area contributed by atoms with Gasteiger partial charge in [0.2, 0.25) is 0 Å². The number of benzene rings is 2. The van der Waals surface area contributed by atoms with Crippen molar-refractivity contribution in [1.82, 2.24) is 9.97 Å². The van der Waals surface area contributed by atoms with Crippen LogP contribution in [0.1, 0.15) is 84.5 Å². The maximum Gasteiger partial charge on any atom is 0.335 e. The minimum atomic E-state index is -0.912. The summed E-state index contributed by atoms with van der Waals surface area (Å²) in [5.74, 6) is -0.106. The molecule has 0 fully saturated rings. The van der Waals surface area contributed by atoms with E-state index < -0.39 is 5.97 Å². The van der Waals surface area contributed by atoms with Gasteiger partial charge in [0.25, 0.3) is 0 Å². The number of fused-ring (bicyclic) bond motifs is 1. The summed E-state index contributed by atoms with van der Waals surface area (Å²) in [6, 6.07) is 13.5. The fourth-order valence-electron chi connectivity index (χ4n) is 4.50. The van der Waals surface area contributed by atoms with Crippen LogP contribution >= 0.6 is 0 Å². The van der Waals surface area contributed by atoms with Gasteiger partial charge in [-0.2, -0.15) is 0 Å². The molecule has 0 amide bonds. The van der Waals surface area contributed by atoms with Crippen LogP contribution < -0.4 is 0 Å². The van der Waals surface area contributed by atoms with E-state index in [1.54, 1.807) is 24.5 Å². The van der Waals surface area contributed by atoms with E-state index >= 15 is 0 Å². The number of rotatable bonds is 5. The zero-order chi connectivity index (χ0) is 22.9. The molecule has 0 spiro atoms. The largest absolute Gasteiger partial charge is 0.478 e. The van der Waals surface area contributed by atoms with E-state index in [0.29, 0.717) is 12.0 Å². The highest BCUT2D eigenvalue weighted by molar-refractivity contribution is 5.88. The Bertz CT molecular complexity index is 1160. The molecule has 2 aromatic carbocycles. The normalized spacial score (nSPS) is 16.6. The molecule has 0 unspecified atom stereocenters. The van der Waals surface area contributed by atoms with E-state index in [9.17, 15) is 4.79 Å². The highest BCUT2D eigenvalue weighted by Crippen LogP contribution is 2.46. The lowest BCUT2D eigenvalue weighted by Gasteiger charge is -2.42. The summed E-state index contributed by atoms with van der Waals surface area (Å²) in [5, 5.41) is 9.13. The van der Waals surface area contributed by atoms with Gasteiger partial charge < -0.3 is 5.11 Å². The minimum Gasteiger partial charge on any atom is -0.478 e. The van der Waals surface area contributed by atoms with Gasteiger partial charge in [-0.3, -0.25) is 0 Å². The quantitative estimate of drug-likeness (QED) is 0.487. The Hall–Kier alpha value is -3.27. The molecule has 32 heavy (non-hydrogen) atoms. The minimum absolute atomic E-state index is 0.123. The summed E-state index contributed by atoms with van der Waals surface area (Å²) in [5.41, 5.74) is 6.71. The van der Waals surface area contributed by atoms with Crippen LogP contribution in [0.2, 0.25) is 0 Å². The average Bonchev–Trinajstić information content (AvgIpc) is 2.77. The molecule has 0 aliphatic heterocycles. The van der Waals surface area contributed by atoms with Crippen molar-refractivity contribution in [2.45, 2.75) is 57.8 Å². The highest BCUT2D eigenvalue weighted by atomic mass is 16.4. The Morgan fingerprint density at radius 2 is 1.53 bits per heavy atom. The molecular weight excluding hydrogens is 396 g/mol. The Morgan fingerprint density at radius 3 is 2.12 bits per heavy atom. The Labute approximate surface area is 190 Å². The van der Waals surface area contributed by atoms with E-state index in [2.05, 4.69) is 55.9 Å². The molecule has 4 nitrogen and oxygen atoms in total. The molecular formula is C28H30N2O2. The molecule has 0 saturated carbocycles. The van der Waals surface area contributed by atoms with Gasteiger partial charge >= 0.3 is 5.97 Å². The summed E-state index contributed by atoms with van der Waals surface area (Å²) >= 11 is 0. The van der Waals surface area contributed by atoms with Crippen molar-refractivity contribution in [2.75, 3.05) is 0 Å². The van der Waals surface area contributed by atoms with E-state index in [4.69, 9.17) is 5.11 Å². The number of aromatic nitrogens is 2. The first-order valence-corrected chi connectivity index (χ1v) is 11.1. The monoisotopic (exact) mass is 426 g/mol. The number of carbonyl (C=O) groups is 1. The summed E-state index contributed by atoms with van der Waals surface area (Å²) in [4.78, 5) is 20.0. The maximum absolute atomic E-state index is 11.1. The lowest BCUT2D eigenvalue weighted by Crippen LogP contribution is -2.34. The van der Waals surface area contributed by atoms with Crippen LogP contribution in [0, 0.1) is 0 Å². The van der Waals surface area contributed by atoms with Crippen LogP contribution in [0.15, 0.2) is 54.9 Å². The molecule has 0 radical (unpaired) electrons. The summed E-state index contributed by atoms with van der Waals surface area (Å²) < 4.78 is 0. The van der Waals surface area contributed by atoms with Gasteiger partial charge in [0.1, 0.15) is 5.82 Å². The number of carboxylic acids is 1. The molecule has 3 aromatic rings. The first-order valence-electron chi connectivity index (χ1n) is 11.1. The lowest BCUT2D eigenvalue weighted by atomic mass is 9.62. The Morgan fingerprint density at radius 1 is 0.938 bits per heavy atom. The molecule has 1 N–H and O–H groups in total. The topological polar surface area (TPSA) is 63.1 Å². The van der Waals surface area contributed by atoms with Crippen molar-refractivity contribution in [1.29, 1.82) is 0 Å². The third kappa shape index (κ3) is 4.50. The van der Waals surface area contributed by atoms with Gasteiger partial charge in [-0.15, -0.1) is 0 Å². The fourth-order valence-corrected chi connectivity index (χ4v) is 4.50. The standard InChI is InChI=1S/C28H30N2O2/c1-27(2)12-13-28(3,4)24-17-22(18-25-29-14-5-15-30-25)21(16-23(24)27)11-8-19-6-9-20(10-7-19)26(31)32/h5-11,14-17H,12-13,18H2,1-4H3,(H,31,32)/b11-8+. The highest BCUT2D eigenvalue weighted by Gasteiger charge is 2.37. The molecule has 0 saturated heterocycles. The van der Waals surface area contributed by atoms with E-state index in [1.807, 2.05) is 24.3 Å². The molecule has 1 heterocycles. The van der Waals surface area contributed by atoms with Crippen LogP contribution in [0.25, 0.3) is 12.2 Å². The van der Waals surface area contributed by atoms with Gasteiger partial charge in [0.05, 0.1) is 5.56 Å². The molecule has 164 valence electrons. The third-order valence-electron chi connectivity index (χ3n) is 6.69. The van der Waals surface area contributed by atoms with Crippen molar-refractivity contribution < 1.29 is 9.90 Å². The average molecular weight is 427 g/mol. The van der Waals surface area contributed by atoms with Crippen LogP contribution in [0.4, 0.5) is 0 Å². The fraction of sp³-hybridized carbons (Fsp3) is 0.321. The number of hydrogen-bond acceptors (Lipinski definition) is 3. The van der Waals surface area contributed by atoms with E-state index in [0.717, 1.165) is 23.4 Å². The number of hydrogen-bond donors (Lipinski definition) is 1. The number of aromatic carboxylic acids is 1. The Balaban J connectivity index is 1.79. The second-order valence-electron chi connectivity index (χ2n) is 9.97. The van der Waals surface area contributed by atoms with Gasteiger partial charge in [0.15, 0.2) is 0 Å². The smallest absolute Gasteiger partial charge is 0.335 e. The van der Waals surface area contributed by atoms with Crippen molar-refractivity contribution in [2.24, 2.45) is 0 Å². The van der Waals surface area contributed by atoms with Crippen molar-refractivity contribution >= 4 is 18.1 Å². The van der Waals surface area contributed by atoms with Gasteiger partial charge in [-0.05, 0) is 69.7 Å². The second kappa shape index (κ2) is 8.34. The zero-order valence-electron chi connectivity index (χ0n) is 19.2. The van der Waals surface area contributed by atoms with Gasteiger partial charge in [0, 0.05) is 18.8 Å². The number of carboxylic acid groups (broad SMARTS) is 1. The van der Waals surface area contributed by atoms with Crippen molar-refractivity contribution in [3.05, 3.63) is 94.1 Å². The van der Waals surface area contributed by atoms with E-state index in [1.165, 1.54) is 23.1 Å². The molecule has 4 heteroatoms. The molecule has 1 aliphatic rings. The van der Waals surface area contributed by atoms with Crippen molar-refractivity contribution in [3.8, 4) is 0 Å². The SMILES string of the molecule is CC1(C)CCC(C)(C)c2cc(Cc3ncccn3)c(/C=C/c3ccc(C(=O)O)cc3)cc21. The van der Waals surface area contributed by atoms with Crippen LogP contribution in [0.3, 0.4) is 0 Å². The number of nitrogens with zero attached hydrogens (tertiary/aromatic N) is 2. The predicted octanol–water partition coefficient (Wildman–Crippen LogP) is 6.29. The zero-order valence-corrected chi connectivity index (χ0v) is 19.2. The summed E-state index contributed by atoms with van der Waals surface area (Å²) in [6.07, 6.45) is 10.7. The van der Waals surface area contributed by atoms with E-state index in [-0.39, 0.29) is 10.8 Å². The molecule has 1 aromatic heterocycles. The first-order chi connectivity index (χ1) is 15.2. The van der Waals surface area contributed by atoms with Crippen LogP contribution in [-0.4, -0.2) is 21.0 Å². The second-order valence-corrected chi connectivity index (χ2v) is 9.97. The molecule has 0 bridgehead atoms. The Kier molecular flexibility index (Phi) is 5.72. The predicted molar refractivity (Wildman–Crippen MR) is 129 cm³/mol. The molecule has 4 rings (SSSR count). The third-order valence-corrected chi connectivity index (χ3v) is 6.69. The maximum atomic E-state index is 11.1. The van der Waals surface area contributed by atoms with Crippen molar-refractivity contribution in [3.63, 3.8) is 0 Å². The molecule has 0 atom stereocenters. The van der Waals surface area contributed by atoms with Crippen LogP contribution in [0.5, 0.6) is 0 Å². The van der Waals surface area contributed by atoms with Gasteiger partial charge in [-0.1, -0.05) is 64.1 Å². The lowest BCUT2D eigenvalue weighted by molar-refractivity contribution is 0.0697. The first kappa shape index (κ1) is 21.9. The van der Waals surface area contributed by atoms with Crippen LogP contribution in [-0.2, 0) is 17.3 Å². The summed E-state index contributed by atoms with van der Waals surface area (Å²) in [6.45, 7) is 9.34.